The predicted octanol–water partition coefficient (Wildman–Crippen LogP) is 2.27. The van der Waals surface area contributed by atoms with Gasteiger partial charge in [-0.25, -0.2) is 9.97 Å². The van der Waals surface area contributed by atoms with Gasteiger partial charge in [0.05, 0.1) is 4.92 Å². The van der Waals surface area contributed by atoms with Crippen LogP contribution in [0.15, 0.2) is 18.0 Å². The van der Waals surface area contributed by atoms with Crippen LogP contribution in [0.25, 0.3) is 0 Å². The Kier molecular flexibility index (Phi) is 4.27. The van der Waals surface area contributed by atoms with Crippen LogP contribution in [-0.2, 0) is 0 Å². The Hall–Kier alpha value is -2.18. The number of rotatable bonds is 5. The smallest absolute Gasteiger partial charge is 0.352 e. The molecule has 1 aliphatic rings. The first-order chi connectivity index (χ1) is 9.18. The Bertz CT molecular complexity index is 501. The maximum absolute atomic E-state index is 10.9. The fourth-order valence-electron chi connectivity index (χ4n) is 2.17. The van der Waals surface area contributed by atoms with Crippen molar-refractivity contribution in [2.45, 2.75) is 32.1 Å². The first kappa shape index (κ1) is 13.3. The average molecular weight is 263 g/mol. The number of aromatic nitrogens is 2. The Morgan fingerprint density at radius 1 is 1.42 bits per heavy atom. The summed E-state index contributed by atoms with van der Waals surface area (Å²) in [5, 5.41) is 13.9. The lowest BCUT2D eigenvalue weighted by Crippen LogP contribution is -2.10. The summed E-state index contributed by atoms with van der Waals surface area (Å²) in [6.45, 7) is 0.614. The quantitative estimate of drug-likeness (QED) is 0.479. The van der Waals surface area contributed by atoms with Gasteiger partial charge in [-0.1, -0.05) is 11.6 Å². The molecule has 0 amide bonds. The summed E-state index contributed by atoms with van der Waals surface area (Å²) in [5.74, 6) is 0.0771. The van der Waals surface area contributed by atoms with E-state index in [4.69, 9.17) is 5.73 Å². The fourth-order valence-corrected chi connectivity index (χ4v) is 2.17. The van der Waals surface area contributed by atoms with E-state index in [0.29, 0.717) is 6.54 Å². The lowest BCUT2D eigenvalue weighted by Gasteiger charge is -2.13. The molecule has 0 saturated heterocycles. The summed E-state index contributed by atoms with van der Waals surface area (Å²) in [4.78, 5) is 17.9. The fraction of sp³-hybridized carbons (Fsp3) is 0.500. The highest BCUT2D eigenvalue weighted by molar-refractivity contribution is 5.67. The Morgan fingerprint density at radius 2 is 2.26 bits per heavy atom. The van der Waals surface area contributed by atoms with E-state index < -0.39 is 4.92 Å². The molecule has 0 saturated carbocycles. The lowest BCUT2D eigenvalue weighted by atomic mass is 9.97. The molecule has 102 valence electrons. The Labute approximate surface area is 111 Å². The standard InChI is InChI=1S/C12H17N5O2/c13-11-10(17(18)19)12(16-8-15-11)14-7-6-9-4-2-1-3-5-9/h4,8H,1-3,5-7H2,(H3,13,14,15,16). The van der Waals surface area contributed by atoms with Crippen LogP contribution in [0.5, 0.6) is 0 Å². The molecule has 1 aliphatic carbocycles. The van der Waals surface area contributed by atoms with Crippen molar-refractivity contribution in [1.29, 1.82) is 0 Å². The Balaban J connectivity index is 1.97. The molecule has 3 N–H and O–H groups in total. The topological polar surface area (TPSA) is 107 Å². The summed E-state index contributed by atoms with van der Waals surface area (Å²) in [5.41, 5.74) is 6.65. The summed E-state index contributed by atoms with van der Waals surface area (Å²) < 4.78 is 0. The number of hydrogen-bond donors (Lipinski definition) is 2. The van der Waals surface area contributed by atoms with Crippen molar-refractivity contribution in [1.82, 2.24) is 9.97 Å². The van der Waals surface area contributed by atoms with Gasteiger partial charge >= 0.3 is 5.69 Å². The molecular weight excluding hydrogens is 246 g/mol. The van der Waals surface area contributed by atoms with E-state index in [9.17, 15) is 10.1 Å². The second-order valence-corrected chi connectivity index (χ2v) is 4.50. The van der Waals surface area contributed by atoms with Crippen LogP contribution in [-0.4, -0.2) is 21.4 Å². The van der Waals surface area contributed by atoms with Gasteiger partial charge in [-0.2, -0.15) is 0 Å². The third-order valence-electron chi connectivity index (χ3n) is 3.16. The molecule has 0 bridgehead atoms. The molecule has 0 unspecified atom stereocenters. The van der Waals surface area contributed by atoms with Crippen LogP contribution in [0.4, 0.5) is 17.3 Å². The molecule has 7 nitrogen and oxygen atoms in total. The molecule has 0 fully saturated rings. The molecule has 1 heterocycles. The third kappa shape index (κ3) is 3.40. The van der Waals surface area contributed by atoms with E-state index in [-0.39, 0.29) is 17.3 Å². The monoisotopic (exact) mass is 263 g/mol. The van der Waals surface area contributed by atoms with Gasteiger partial charge in [0.2, 0.25) is 11.6 Å². The molecule has 1 aromatic heterocycles. The van der Waals surface area contributed by atoms with Crippen molar-refractivity contribution < 1.29 is 4.92 Å². The number of nitrogens with one attached hydrogen (secondary N) is 1. The number of hydrogen-bond acceptors (Lipinski definition) is 6. The molecule has 19 heavy (non-hydrogen) atoms. The molecule has 7 heteroatoms. The highest BCUT2D eigenvalue weighted by atomic mass is 16.6. The van der Waals surface area contributed by atoms with Crippen molar-refractivity contribution in [2.75, 3.05) is 17.6 Å². The van der Waals surface area contributed by atoms with Gasteiger partial charge in [0.15, 0.2) is 0 Å². The number of nitrogens with two attached hydrogens (primary N) is 1. The number of anilines is 2. The van der Waals surface area contributed by atoms with Crippen molar-refractivity contribution in [3.05, 3.63) is 28.1 Å². The third-order valence-corrected chi connectivity index (χ3v) is 3.16. The number of nitro groups is 1. The predicted molar refractivity (Wildman–Crippen MR) is 72.8 cm³/mol. The van der Waals surface area contributed by atoms with Gasteiger partial charge in [-0.05, 0) is 32.1 Å². The molecule has 0 atom stereocenters. The number of nitrogen functional groups attached to an aromatic ring is 1. The number of allylic oxidation sites excluding steroid dienone is 1. The molecule has 0 aliphatic heterocycles. The minimum absolute atomic E-state index is 0.112. The molecule has 0 spiro atoms. The maximum Gasteiger partial charge on any atom is 0.352 e. The van der Waals surface area contributed by atoms with E-state index in [0.717, 1.165) is 19.3 Å². The van der Waals surface area contributed by atoms with Crippen LogP contribution >= 0.6 is 0 Å². The molecule has 1 aromatic rings. The van der Waals surface area contributed by atoms with Crippen LogP contribution in [0.3, 0.4) is 0 Å². The van der Waals surface area contributed by atoms with Gasteiger partial charge in [-0.15, -0.1) is 0 Å². The van der Waals surface area contributed by atoms with Gasteiger partial charge in [0.25, 0.3) is 0 Å². The van der Waals surface area contributed by atoms with Gasteiger partial charge in [0, 0.05) is 6.54 Å². The van der Waals surface area contributed by atoms with Crippen LogP contribution in [0.2, 0.25) is 0 Å². The van der Waals surface area contributed by atoms with Crippen molar-refractivity contribution in [3.63, 3.8) is 0 Å². The van der Waals surface area contributed by atoms with Crippen LogP contribution < -0.4 is 11.1 Å². The maximum atomic E-state index is 10.9. The van der Waals surface area contributed by atoms with E-state index in [1.807, 2.05) is 0 Å². The van der Waals surface area contributed by atoms with E-state index in [1.54, 1.807) is 0 Å². The van der Waals surface area contributed by atoms with Crippen LogP contribution in [0, 0.1) is 10.1 Å². The summed E-state index contributed by atoms with van der Waals surface area (Å²) in [7, 11) is 0. The van der Waals surface area contributed by atoms with Crippen molar-refractivity contribution >= 4 is 17.3 Å². The van der Waals surface area contributed by atoms with Gasteiger partial charge in [-0.3, -0.25) is 10.1 Å². The van der Waals surface area contributed by atoms with Gasteiger partial charge < -0.3 is 11.1 Å². The minimum Gasteiger partial charge on any atom is -0.378 e. The zero-order chi connectivity index (χ0) is 13.7. The normalized spacial score (nSPS) is 14.8. The van der Waals surface area contributed by atoms with Gasteiger partial charge in [0.1, 0.15) is 6.33 Å². The first-order valence-electron chi connectivity index (χ1n) is 6.35. The molecule has 2 rings (SSSR count). The highest BCUT2D eigenvalue weighted by Crippen LogP contribution is 2.26. The SMILES string of the molecule is Nc1ncnc(NCCC2=CCCCC2)c1[N+](=O)[O-]. The lowest BCUT2D eigenvalue weighted by molar-refractivity contribution is -0.383. The summed E-state index contributed by atoms with van der Waals surface area (Å²) >= 11 is 0. The van der Waals surface area contributed by atoms with Crippen molar-refractivity contribution in [2.24, 2.45) is 0 Å². The van der Waals surface area contributed by atoms with Crippen molar-refractivity contribution in [3.8, 4) is 0 Å². The highest BCUT2D eigenvalue weighted by Gasteiger charge is 2.20. The first-order valence-corrected chi connectivity index (χ1v) is 6.35. The summed E-state index contributed by atoms with van der Waals surface area (Å²) in [6.07, 6.45) is 9.10. The summed E-state index contributed by atoms with van der Waals surface area (Å²) in [6, 6.07) is 0. The van der Waals surface area contributed by atoms with E-state index in [1.165, 1.54) is 24.7 Å². The second kappa shape index (κ2) is 6.12. The minimum atomic E-state index is -0.558. The number of nitrogens with zero attached hydrogens (tertiary/aromatic N) is 3. The zero-order valence-electron chi connectivity index (χ0n) is 10.6. The largest absolute Gasteiger partial charge is 0.378 e. The van der Waals surface area contributed by atoms with E-state index >= 15 is 0 Å². The second-order valence-electron chi connectivity index (χ2n) is 4.50. The molecule has 0 radical (unpaired) electrons. The van der Waals surface area contributed by atoms with Crippen LogP contribution in [0.1, 0.15) is 32.1 Å². The molecular formula is C12H17N5O2. The average Bonchev–Trinajstić information content (AvgIpc) is 2.39. The molecule has 0 aromatic carbocycles. The Morgan fingerprint density at radius 3 is 2.95 bits per heavy atom. The zero-order valence-corrected chi connectivity index (χ0v) is 10.6. The van der Waals surface area contributed by atoms with E-state index in [2.05, 4.69) is 21.4 Å².